The molecule has 1 aliphatic heterocycles. The van der Waals surface area contributed by atoms with Crippen LogP contribution in [-0.2, 0) is 9.47 Å². The largest absolute Gasteiger partial charge is 0.388 e. The molecule has 5 atom stereocenters. The molecule has 1 fully saturated rings. The number of rotatable bonds is 4. The highest BCUT2D eigenvalue weighted by molar-refractivity contribution is 6.17. The van der Waals surface area contributed by atoms with Crippen molar-refractivity contribution in [1.82, 2.24) is 0 Å². The van der Waals surface area contributed by atoms with Gasteiger partial charge in [-0.2, -0.15) is 0 Å². The predicted molar refractivity (Wildman–Crippen MR) is 53.6 cm³/mol. The lowest BCUT2D eigenvalue weighted by Gasteiger charge is -2.38. The average Bonchev–Trinajstić information content (AvgIpc) is 2.23. The van der Waals surface area contributed by atoms with Gasteiger partial charge in [0.25, 0.3) is 0 Å². The summed E-state index contributed by atoms with van der Waals surface area (Å²) in [5.41, 5.74) is 0. The highest BCUT2D eigenvalue weighted by Crippen LogP contribution is 2.21. The molecule has 0 bridgehead atoms. The highest BCUT2D eigenvalue weighted by atomic mass is 35.5. The predicted octanol–water partition coefficient (Wildman–Crippen LogP) is -0.541. The Morgan fingerprint density at radius 1 is 1.20 bits per heavy atom. The molecule has 0 aliphatic carbocycles. The summed E-state index contributed by atoms with van der Waals surface area (Å²) >= 11 is 5.46. The molecule has 0 saturated carbocycles. The van der Waals surface area contributed by atoms with E-state index < -0.39 is 30.7 Å². The molecule has 1 saturated heterocycles. The Balaban J connectivity index is 2.43. The van der Waals surface area contributed by atoms with Gasteiger partial charge in [-0.25, -0.2) is 0 Å². The van der Waals surface area contributed by atoms with Crippen molar-refractivity contribution in [2.24, 2.45) is 0 Å². The Morgan fingerprint density at radius 2 is 1.87 bits per heavy atom. The minimum atomic E-state index is -1.24. The Hall–Kier alpha value is 0.0900. The van der Waals surface area contributed by atoms with Gasteiger partial charge in [0, 0.05) is 5.88 Å². The summed E-state index contributed by atoms with van der Waals surface area (Å²) in [4.78, 5) is 0. The first-order chi connectivity index (χ1) is 7.07. The van der Waals surface area contributed by atoms with Crippen molar-refractivity contribution in [3.8, 4) is 0 Å². The monoisotopic (exact) mass is 240 g/mol. The minimum Gasteiger partial charge on any atom is -0.388 e. The van der Waals surface area contributed by atoms with Crippen LogP contribution in [0.2, 0.25) is 0 Å². The Kier molecular flexibility index (Phi) is 5.25. The Bertz CT molecular complexity index is 191. The maximum atomic E-state index is 9.53. The lowest BCUT2D eigenvalue weighted by Crippen LogP contribution is -2.57. The molecule has 0 aromatic carbocycles. The van der Waals surface area contributed by atoms with Crippen LogP contribution in [0.1, 0.15) is 13.3 Å². The number of ether oxygens (including phenoxy) is 2. The van der Waals surface area contributed by atoms with E-state index in [0.29, 0.717) is 18.9 Å². The van der Waals surface area contributed by atoms with E-state index in [-0.39, 0.29) is 0 Å². The number of alkyl halides is 1. The van der Waals surface area contributed by atoms with Gasteiger partial charge >= 0.3 is 0 Å². The third-order valence-corrected chi connectivity index (χ3v) is 2.64. The van der Waals surface area contributed by atoms with Gasteiger partial charge in [0.15, 0.2) is 6.29 Å². The topological polar surface area (TPSA) is 79.2 Å². The van der Waals surface area contributed by atoms with Gasteiger partial charge in [-0.1, -0.05) is 0 Å². The molecule has 5 nitrogen and oxygen atoms in total. The summed E-state index contributed by atoms with van der Waals surface area (Å²) in [6, 6.07) is 0. The second-order valence-electron chi connectivity index (χ2n) is 3.59. The summed E-state index contributed by atoms with van der Waals surface area (Å²) < 4.78 is 10.4. The molecule has 0 aromatic heterocycles. The lowest BCUT2D eigenvalue weighted by molar-refractivity contribution is -0.292. The van der Waals surface area contributed by atoms with Gasteiger partial charge in [0.2, 0.25) is 0 Å². The van der Waals surface area contributed by atoms with Gasteiger partial charge in [-0.15, -0.1) is 11.6 Å². The van der Waals surface area contributed by atoms with Crippen molar-refractivity contribution in [3.63, 3.8) is 0 Å². The van der Waals surface area contributed by atoms with E-state index in [9.17, 15) is 15.3 Å². The van der Waals surface area contributed by atoms with E-state index in [1.807, 2.05) is 0 Å². The third kappa shape index (κ3) is 3.27. The van der Waals surface area contributed by atoms with Crippen molar-refractivity contribution >= 4 is 11.6 Å². The fourth-order valence-electron chi connectivity index (χ4n) is 1.41. The van der Waals surface area contributed by atoms with E-state index in [2.05, 4.69) is 0 Å². The Morgan fingerprint density at radius 3 is 2.47 bits per heavy atom. The molecule has 1 heterocycles. The third-order valence-electron chi connectivity index (χ3n) is 2.37. The van der Waals surface area contributed by atoms with Crippen molar-refractivity contribution < 1.29 is 24.8 Å². The number of aliphatic hydroxyl groups excluding tert-OH is 3. The molecule has 0 aromatic rings. The molecule has 3 N–H and O–H groups in total. The molecular weight excluding hydrogens is 224 g/mol. The van der Waals surface area contributed by atoms with Crippen LogP contribution < -0.4 is 0 Å². The van der Waals surface area contributed by atoms with Crippen LogP contribution in [0.25, 0.3) is 0 Å². The molecule has 0 amide bonds. The fraction of sp³-hybridized carbons (Fsp3) is 1.00. The van der Waals surface area contributed by atoms with E-state index in [4.69, 9.17) is 21.1 Å². The second-order valence-corrected chi connectivity index (χ2v) is 3.97. The molecule has 15 heavy (non-hydrogen) atoms. The first-order valence-corrected chi connectivity index (χ1v) is 5.48. The van der Waals surface area contributed by atoms with Crippen LogP contribution >= 0.6 is 11.6 Å². The minimum absolute atomic E-state index is 0.348. The summed E-state index contributed by atoms with van der Waals surface area (Å²) in [6.07, 6.45) is -4.39. The van der Waals surface area contributed by atoms with Crippen LogP contribution in [0.3, 0.4) is 0 Å². The standard InChI is InChI=1S/C9H17ClO5/c1-5-6(11)7(12)8(13)9(15-5)14-4-2-3-10/h5-9,11-13H,2-4H2,1H3/t5?,6-,7+,8?,9-/m1/s1. The quantitative estimate of drug-likeness (QED) is 0.454. The maximum Gasteiger partial charge on any atom is 0.186 e. The molecular formula is C9H17ClO5. The Labute approximate surface area is 93.6 Å². The molecule has 2 unspecified atom stereocenters. The fourth-order valence-corrected chi connectivity index (χ4v) is 1.51. The summed E-state index contributed by atoms with van der Waals surface area (Å²) in [6.45, 7) is 1.96. The number of hydrogen-bond acceptors (Lipinski definition) is 5. The van der Waals surface area contributed by atoms with Gasteiger partial charge in [-0.3, -0.25) is 0 Å². The number of hydrogen-bond donors (Lipinski definition) is 3. The van der Waals surface area contributed by atoms with Crippen molar-refractivity contribution in [2.75, 3.05) is 12.5 Å². The smallest absolute Gasteiger partial charge is 0.186 e. The van der Waals surface area contributed by atoms with Crippen molar-refractivity contribution in [1.29, 1.82) is 0 Å². The summed E-state index contributed by atoms with van der Waals surface area (Å²) in [7, 11) is 0. The molecule has 1 rings (SSSR count). The first kappa shape index (κ1) is 13.2. The van der Waals surface area contributed by atoms with E-state index >= 15 is 0 Å². The van der Waals surface area contributed by atoms with Crippen molar-refractivity contribution in [3.05, 3.63) is 0 Å². The maximum absolute atomic E-state index is 9.53. The zero-order valence-electron chi connectivity index (χ0n) is 8.54. The molecule has 6 heteroatoms. The molecule has 0 spiro atoms. The molecule has 1 aliphatic rings. The SMILES string of the molecule is CC1O[C@@H](OCCCCl)C(O)[C@@H](O)[C@@H]1O. The van der Waals surface area contributed by atoms with Gasteiger partial charge in [0.1, 0.15) is 18.3 Å². The normalized spacial score (nSPS) is 41.8. The van der Waals surface area contributed by atoms with Crippen LogP contribution in [0.15, 0.2) is 0 Å². The van der Waals surface area contributed by atoms with Crippen LogP contribution in [0.4, 0.5) is 0 Å². The lowest BCUT2D eigenvalue weighted by atomic mass is 10.0. The van der Waals surface area contributed by atoms with Crippen molar-refractivity contribution in [2.45, 2.75) is 44.1 Å². The zero-order valence-corrected chi connectivity index (χ0v) is 9.30. The first-order valence-electron chi connectivity index (χ1n) is 4.95. The van der Waals surface area contributed by atoms with Crippen LogP contribution in [0.5, 0.6) is 0 Å². The van der Waals surface area contributed by atoms with Gasteiger partial charge in [0.05, 0.1) is 12.7 Å². The highest BCUT2D eigenvalue weighted by Gasteiger charge is 2.42. The molecule has 0 radical (unpaired) electrons. The number of aliphatic hydroxyl groups is 3. The second kappa shape index (κ2) is 5.98. The van der Waals surface area contributed by atoms with Crippen LogP contribution in [0, 0.1) is 0 Å². The molecule has 90 valence electrons. The van der Waals surface area contributed by atoms with E-state index in [1.165, 1.54) is 0 Å². The van der Waals surface area contributed by atoms with Gasteiger partial charge in [-0.05, 0) is 13.3 Å². The zero-order chi connectivity index (χ0) is 11.4. The van der Waals surface area contributed by atoms with Crippen LogP contribution in [-0.4, -0.2) is 58.5 Å². The summed E-state index contributed by atoms with van der Waals surface area (Å²) in [5.74, 6) is 0.462. The van der Waals surface area contributed by atoms with E-state index in [0.717, 1.165) is 0 Å². The van der Waals surface area contributed by atoms with Gasteiger partial charge < -0.3 is 24.8 Å². The number of halogens is 1. The summed E-state index contributed by atoms with van der Waals surface area (Å²) in [5, 5.41) is 28.4. The average molecular weight is 241 g/mol. The van der Waals surface area contributed by atoms with E-state index in [1.54, 1.807) is 6.92 Å².